The summed E-state index contributed by atoms with van der Waals surface area (Å²) in [4.78, 5) is 18.4. The summed E-state index contributed by atoms with van der Waals surface area (Å²) in [6.45, 7) is 5.58. The Morgan fingerprint density at radius 1 is 1.46 bits per heavy atom. The molecule has 0 bridgehead atoms. The molecule has 1 atom stereocenters. The second-order valence-electron chi connectivity index (χ2n) is 7.30. The number of guanidine groups is 1. The molecule has 0 aromatic rings. The van der Waals surface area contributed by atoms with Gasteiger partial charge in [0.2, 0.25) is 5.91 Å². The normalized spacial score (nSPS) is 28.6. The number of carbonyl (C=O) groups is 1. The van der Waals surface area contributed by atoms with Crippen molar-refractivity contribution in [1.29, 1.82) is 0 Å². The molecule has 3 saturated heterocycles. The van der Waals surface area contributed by atoms with Crippen LogP contribution in [0.15, 0.2) is 4.99 Å². The Hall–Kier alpha value is -0.570. The van der Waals surface area contributed by atoms with Crippen molar-refractivity contribution in [2.45, 2.75) is 38.5 Å². The van der Waals surface area contributed by atoms with Crippen LogP contribution in [0.2, 0.25) is 0 Å². The van der Waals surface area contributed by atoms with Gasteiger partial charge in [-0.05, 0) is 38.0 Å². The van der Waals surface area contributed by atoms with Crippen LogP contribution in [0.5, 0.6) is 0 Å². The fourth-order valence-corrected chi connectivity index (χ4v) is 4.18. The number of nitrogens with zero attached hydrogens (tertiary/aromatic N) is 2. The second kappa shape index (κ2) is 9.22. The average Bonchev–Trinajstić information content (AvgIpc) is 2.92. The molecule has 3 heterocycles. The monoisotopic (exact) mass is 450 g/mol. The maximum atomic E-state index is 11.6. The van der Waals surface area contributed by atoms with Gasteiger partial charge in [-0.15, -0.1) is 24.0 Å². The summed E-state index contributed by atoms with van der Waals surface area (Å²) in [5, 5.41) is 6.54. The molecule has 0 aromatic carbocycles. The van der Waals surface area contributed by atoms with Crippen LogP contribution >= 0.6 is 24.0 Å². The molecule has 3 aliphatic rings. The van der Waals surface area contributed by atoms with Crippen LogP contribution in [-0.2, 0) is 9.53 Å². The Balaban J connectivity index is 0.00000208. The van der Waals surface area contributed by atoms with Crippen molar-refractivity contribution in [2.24, 2.45) is 16.3 Å². The van der Waals surface area contributed by atoms with E-state index in [4.69, 9.17) is 4.74 Å². The van der Waals surface area contributed by atoms with E-state index in [1.807, 2.05) is 7.05 Å². The number of hydrogen-bond donors (Lipinski definition) is 2. The molecule has 1 unspecified atom stereocenters. The lowest BCUT2D eigenvalue weighted by molar-refractivity contribution is -0.119. The van der Waals surface area contributed by atoms with E-state index in [9.17, 15) is 4.79 Å². The predicted molar refractivity (Wildman–Crippen MR) is 106 cm³/mol. The van der Waals surface area contributed by atoms with E-state index in [1.165, 1.54) is 19.3 Å². The number of amides is 1. The first-order valence-electron chi connectivity index (χ1n) is 9.01. The highest BCUT2D eigenvalue weighted by atomic mass is 127. The lowest BCUT2D eigenvalue weighted by atomic mass is 9.79. The maximum Gasteiger partial charge on any atom is 0.220 e. The molecular formula is C17H31IN4O2. The molecule has 3 fully saturated rings. The van der Waals surface area contributed by atoms with Gasteiger partial charge in [-0.25, -0.2) is 0 Å². The molecule has 0 aromatic heterocycles. The summed E-state index contributed by atoms with van der Waals surface area (Å²) >= 11 is 0. The van der Waals surface area contributed by atoms with Gasteiger partial charge in [0, 0.05) is 58.3 Å². The highest BCUT2D eigenvalue weighted by Crippen LogP contribution is 2.35. The summed E-state index contributed by atoms with van der Waals surface area (Å²) in [6.07, 6.45) is 6.49. The summed E-state index contributed by atoms with van der Waals surface area (Å²) < 4.78 is 5.42. The molecule has 3 aliphatic heterocycles. The Bertz CT molecular complexity index is 454. The minimum Gasteiger partial charge on any atom is -0.381 e. The van der Waals surface area contributed by atoms with Crippen LogP contribution in [0, 0.1) is 11.3 Å². The Kier molecular flexibility index (Phi) is 7.59. The highest BCUT2D eigenvalue weighted by Gasteiger charge is 2.42. The summed E-state index contributed by atoms with van der Waals surface area (Å²) in [6, 6.07) is 0. The van der Waals surface area contributed by atoms with E-state index in [2.05, 4.69) is 20.5 Å². The van der Waals surface area contributed by atoms with Crippen LogP contribution in [0.3, 0.4) is 0 Å². The first-order valence-corrected chi connectivity index (χ1v) is 9.01. The van der Waals surface area contributed by atoms with E-state index < -0.39 is 0 Å². The molecule has 1 amide bonds. The Labute approximate surface area is 162 Å². The van der Waals surface area contributed by atoms with Crippen LogP contribution in [-0.4, -0.2) is 63.2 Å². The largest absolute Gasteiger partial charge is 0.381 e. The third-order valence-corrected chi connectivity index (χ3v) is 5.55. The van der Waals surface area contributed by atoms with Crippen LogP contribution in [0.4, 0.5) is 0 Å². The third-order valence-electron chi connectivity index (χ3n) is 5.55. The van der Waals surface area contributed by atoms with Gasteiger partial charge in [-0.3, -0.25) is 9.79 Å². The Morgan fingerprint density at radius 2 is 2.25 bits per heavy atom. The highest BCUT2D eigenvalue weighted by molar-refractivity contribution is 14.0. The fraction of sp³-hybridized carbons (Fsp3) is 0.882. The molecule has 6 nitrogen and oxygen atoms in total. The van der Waals surface area contributed by atoms with E-state index in [-0.39, 0.29) is 35.3 Å². The van der Waals surface area contributed by atoms with Crippen LogP contribution in [0.1, 0.15) is 38.5 Å². The molecule has 3 rings (SSSR count). The van der Waals surface area contributed by atoms with Crippen molar-refractivity contribution < 1.29 is 9.53 Å². The van der Waals surface area contributed by atoms with Gasteiger partial charge in [-0.2, -0.15) is 0 Å². The lowest BCUT2D eigenvalue weighted by Gasteiger charge is -2.40. The maximum absolute atomic E-state index is 11.6. The van der Waals surface area contributed by atoms with Crippen molar-refractivity contribution >= 4 is 35.8 Å². The number of aliphatic imine (C=N–C) groups is 1. The molecule has 0 aliphatic carbocycles. The molecule has 24 heavy (non-hydrogen) atoms. The van der Waals surface area contributed by atoms with Crippen molar-refractivity contribution in [3.05, 3.63) is 0 Å². The second-order valence-corrected chi connectivity index (χ2v) is 7.30. The van der Waals surface area contributed by atoms with E-state index in [0.29, 0.717) is 6.42 Å². The van der Waals surface area contributed by atoms with Gasteiger partial charge in [-0.1, -0.05) is 0 Å². The zero-order valence-corrected chi connectivity index (χ0v) is 17.0. The SMILES string of the molecule is CN=C(NCCC1CCOCC1)N1CCCC2(CNC(=O)C2)C1.I. The van der Waals surface area contributed by atoms with E-state index in [0.717, 1.165) is 64.1 Å². The Morgan fingerprint density at radius 3 is 2.92 bits per heavy atom. The molecular weight excluding hydrogens is 419 g/mol. The molecule has 2 N–H and O–H groups in total. The third kappa shape index (κ3) is 4.97. The first-order chi connectivity index (χ1) is 11.2. The molecule has 7 heteroatoms. The van der Waals surface area contributed by atoms with Crippen molar-refractivity contribution in [2.75, 3.05) is 46.4 Å². The quantitative estimate of drug-likeness (QED) is 0.390. The fourth-order valence-electron chi connectivity index (χ4n) is 4.18. The number of piperidine rings is 1. The number of rotatable bonds is 3. The van der Waals surface area contributed by atoms with Crippen molar-refractivity contribution in [1.82, 2.24) is 15.5 Å². The number of halogens is 1. The van der Waals surface area contributed by atoms with Gasteiger partial charge in [0.1, 0.15) is 0 Å². The minimum atomic E-state index is 0. The summed E-state index contributed by atoms with van der Waals surface area (Å²) in [5.41, 5.74) is 0.119. The smallest absolute Gasteiger partial charge is 0.220 e. The summed E-state index contributed by atoms with van der Waals surface area (Å²) in [5.74, 6) is 1.98. The number of ether oxygens (including phenoxy) is 1. The van der Waals surface area contributed by atoms with Crippen molar-refractivity contribution in [3.63, 3.8) is 0 Å². The minimum absolute atomic E-state index is 0. The van der Waals surface area contributed by atoms with Gasteiger partial charge < -0.3 is 20.3 Å². The van der Waals surface area contributed by atoms with Crippen molar-refractivity contribution in [3.8, 4) is 0 Å². The number of nitrogens with one attached hydrogen (secondary N) is 2. The topological polar surface area (TPSA) is 66.0 Å². The summed E-state index contributed by atoms with van der Waals surface area (Å²) in [7, 11) is 1.86. The van der Waals surface area contributed by atoms with Gasteiger partial charge in [0.05, 0.1) is 0 Å². The number of likely N-dealkylation sites (tertiary alicyclic amines) is 1. The van der Waals surface area contributed by atoms with Gasteiger partial charge in [0.25, 0.3) is 0 Å². The number of hydrogen-bond acceptors (Lipinski definition) is 3. The molecule has 138 valence electrons. The standard InChI is InChI=1S/C17H30N4O2.HI/c1-18-16(19-7-3-14-4-9-23-10-5-14)21-8-2-6-17(13-21)11-15(22)20-12-17;/h14H,2-13H2,1H3,(H,18,19)(H,20,22);1H. The van der Waals surface area contributed by atoms with E-state index in [1.54, 1.807) is 0 Å². The first kappa shape index (κ1) is 19.8. The zero-order chi connectivity index (χ0) is 16.1. The van der Waals surface area contributed by atoms with Crippen LogP contribution < -0.4 is 10.6 Å². The van der Waals surface area contributed by atoms with E-state index >= 15 is 0 Å². The van der Waals surface area contributed by atoms with Gasteiger partial charge >= 0.3 is 0 Å². The zero-order valence-electron chi connectivity index (χ0n) is 14.7. The predicted octanol–water partition coefficient (Wildman–Crippen LogP) is 1.60. The van der Waals surface area contributed by atoms with Gasteiger partial charge in [0.15, 0.2) is 5.96 Å². The molecule has 0 radical (unpaired) electrons. The average molecular weight is 450 g/mol. The molecule has 0 saturated carbocycles. The molecule has 1 spiro atoms. The van der Waals surface area contributed by atoms with Crippen LogP contribution in [0.25, 0.3) is 0 Å². The lowest BCUT2D eigenvalue weighted by Crippen LogP contribution is -2.51. The number of carbonyl (C=O) groups excluding carboxylic acids is 1.